The minimum Gasteiger partial charge on any atom is -0.370 e. The first kappa shape index (κ1) is 15.7. The Balaban J connectivity index is 2.59. The molecule has 1 heterocycles. The minimum absolute atomic E-state index is 0.186. The third kappa shape index (κ3) is 6.37. The van der Waals surface area contributed by atoms with E-state index >= 15 is 0 Å². The van der Waals surface area contributed by atoms with Gasteiger partial charge in [-0.15, -0.1) is 0 Å². The Kier molecular flexibility index (Phi) is 6.01. The van der Waals surface area contributed by atoms with Crippen molar-refractivity contribution in [2.75, 3.05) is 35.7 Å². The van der Waals surface area contributed by atoms with Gasteiger partial charge in [0.15, 0.2) is 0 Å². The number of anilines is 2. The maximum absolute atomic E-state index is 11.0. The summed E-state index contributed by atoms with van der Waals surface area (Å²) in [5.41, 5.74) is 0. The van der Waals surface area contributed by atoms with Crippen LogP contribution in [0.5, 0.6) is 0 Å². The van der Waals surface area contributed by atoms with E-state index in [1.54, 1.807) is 0 Å². The Morgan fingerprint density at radius 3 is 2.32 bits per heavy atom. The van der Waals surface area contributed by atoms with Crippen LogP contribution in [0.4, 0.5) is 11.6 Å². The van der Waals surface area contributed by atoms with Gasteiger partial charge in [0.25, 0.3) is 0 Å². The highest BCUT2D eigenvalue weighted by Gasteiger charge is 2.04. The molecule has 0 saturated carbocycles. The number of rotatable bonds is 8. The molecule has 0 aliphatic rings. The molecule has 7 heteroatoms. The third-order valence-corrected chi connectivity index (χ3v) is 3.47. The van der Waals surface area contributed by atoms with Crippen LogP contribution in [0.2, 0.25) is 0 Å². The summed E-state index contributed by atoms with van der Waals surface area (Å²) in [6.07, 6.45) is 2.58. The van der Waals surface area contributed by atoms with E-state index in [0.717, 1.165) is 30.4 Å². The molecular weight excluding hydrogens is 264 g/mol. The zero-order valence-electron chi connectivity index (χ0n) is 11.7. The summed E-state index contributed by atoms with van der Waals surface area (Å²) in [5.74, 6) is 2.48. The molecule has 1 aromatic rings. The van der Waals surface area contributed by atoms with E-state index in [4.69, 9.17) is 0 Å². The lowest BCUT2D eigenvalue weighted by Gasteiger charge is -2.09. The Morgan fingerprint density at radius 2 is 1.79 bits per heavy atom. The summed E-state index contributed by atoms with van der Waals surface area (Å²) in [7, 11) is -2.89. The highest BCUT2D eigenvalue weighted by molar-refractivity contribution is 7.90. The summed E-state index contributed by atoms with van der Waals surface area (Å²) >= 11 is 0. The maximum Gasteiger partial charge on any atom is 0.147 e. The van der Waals surface area contributed by atoms with Crippen LogP contribution < -0.4 is 10.6 Å². The van der Waals surface area contributed by atoms with Gasteiger partial charge in [-0.05, 0) is 13.3 Å². The molecule has 19 heavy (non-hydrogen) atoms. The first-order valence-corrected chi connectivity index (χ1v) is 8.54. The molecule has 0 unspecified atom stereocenters. The summed E-state index contributed by atoms with van der Waals surface area (Å²) in [6, 6.07) is 1.84. The molecule has 108 valence electrons. The van der Waals surface area contributed by atoms with E-state index in [2.05, 4.69) is 20.6 Å². The normalized spacial score (nSPS) is 11.3. The monoisotopic (exact) mass is 286 g/mol. The molecule has 1 rings (SSSR count). The maximum atomic E-state index is 11.0. The predicted octanol–water partition coefficient (Wildman–Crippen LogP) is 1.32. The van der Waals surface area contributed by atoms with Gasteiger partial charge in [0.05, 0.1) is 5.75 Å². The van der Waals surface area contributed by atoms with Crippen LogP contribution in [-0.2, 0) is 16.3 Å². The van der Waals surface area contributed by atoms with Crippen molar-refractivity contribution in [2.24, 2.45) is 0 Å². The van der Waals surface area contributed by atoms with Gasteiger partial charge in [-0.25, -0.2) is 18.4 Å². The van der Waals surface area contributed by atoms with E-state index in [0.29, 0.717) is 13.0 Å². The van der Waals surface area contributed by atoms with Crippen LogP contribution in [0.25, 0.3) is 0 Å². The highest BCUT2D eigenvalue weighted by Crippen LogP contribution is 2.11. The zero-order valence-corrected chi connectivity index (χ0v) is 12.5. The van der Waals surface area contributed by atoms with Gasteiger partial charge >= 0.3 is 0 Å². The molecule has 0 fully saturated rings. The Morgan fingerprint density at radius 1 is 1.16 bits per heavy atom. The number of nitrogens with zero attached hydrogens (tertiary/aromatic N) is 2. The first-order valence-electron chi connectivity index (χ1n) is 6.48. The second kappa shape index (κ2) is 7.28. The molecular formula is C12H22N4O2S. The second-order valence-corrected chi connectivity index (χ2v) is 6.61. The van der Waals surface area contributed by atoms with Crippen LogP contribution in [0.1, 0.15) is 26.1 Å². The van der Waals surface area contributed by atoms with E-state index in [1.165, 1.54) is 6.26 Å². The van der Waals surface area contributed by atoms with Crippen molar-refractivity contribution in [1.29, 1.82) is 0 Å². The quantitative estimate of drug-likeness (QED) is 0.701. The van der Waals surface area contributed by atoms with Crippen LogP contribution in [0.3, 0.4) is 0 Å². The molecule has 0 aliphatic heterocycles. The van der Waals surface area contributed by atoms with Gasteiger partial charge in [-0.1, -0.05) is 6.92 Å². The van der Waals surface area contributed by atoms with E-state index in [9.17, 15) is 8.42 Å². The van der Waals surface area contributed by atoms with E-state index in [-0.39, 0.29) is 5.75 Å². The molecule has 0 bridgehead atoms. The first-order chi connectivity index (χ1) is 8.94. The molecule has 0 saturated heterocycles. The molecule has 0 aliphatic carbocycles. The van der Waals surface area contributed by atoms with Gasteiger partial charge in [0.2, 0.25) is 0 Å². The topological polar surface area (TPSA) is 84.0 Å². The molecule has 2 N–H and O–H groups in total. The van der Waals surface area contributed by atoms with Crippen molar-refractivity contribution >= 4 is 21.5 Å². The summed E-state index contributed by atoms with van der Waals surface area (Å²) in [4.78, 5) is 8.71. The second-order valence-electron chi connectivity index (χ2n) is 4.35. The largest absolute Gasteiger partial charge is 0.370 e. The molecule has 0 atom stereocenters. The fraction of sp³-hybridized carbons (Fsp3) is 0.667. The number of sulfone groups is 1. The van der Waals surface area contributed by atoms with Gasteiger partial charge in [0.1, 0.15) is 27.3 Å². The van der Waals surface area contributed by atoms with Crippen molar-refractivity contribution in [3.05, 3.63) is 11.9 Å². The van der Waals surface area contributed by atoms with Crippen LogP contribution in [-0.4, -0.2) is 43.5 Å². The number of hydrogen-bond acceptors (Lipinski definition) is 6. The summed E-state index contributed by atoms with van der Waals surface area (Å²) < 4.78 is 22.0. The van der Waals surface area contributed by atoms with Crippen molar-refractivity contribution in [3.8, 4) is 0 Å². The van der Waals surface area contributed by atoms with Crippen LogP contribution in [0.15, 0.2) is 6.07 Å². The number of aromatic nitrogens is 2. The van der Waals surface area contributed by atoms with Crippen LogP contribution >= 0.6 is 0 Å². The summed E-state index contributed by atoms with van der Waals surface area (Å²) in [5, 5.41) is 6.29. The van der Waals surface area contributed by atoms with E-state index in [1.807, 2.05) is 19.9 Å². The Hall–Kier alpha value is -1.37. The molecule has 0 amide bonds. The van der Waals surface area contributed by atoms with Crippen molar-refractivity contribution in [2.45, 2.75) is 26.7 Å². The number of nitrogens with one attached hydrogen (secondary N) is 2. The SMILES string of the molecule is CCNc1cc(NCCCS(C)(=O)=O)nc(CC)n1. The number of hydrogen-bond donors (Lipinski definition) is 2. The average molecular weight is 286 g/mol. The smallest absolute Gasteiger partial charge is 0.147 e. The van der Waals surface area contributed by atoms with Gasteiger partial charge in [-0.2, -0.15) is 0 Å². The van der Waals surface area contributed by atoms with Gasteiger partial charge < -0.3 is 10.6 Å². The standard InChI is InChI=1S/C12H22N4O2S/c1-4-10-15-11(13-5-2)9-12(16-10)14-7-6-8-19(3,17)18/h9H,4-8H2,1-3H3,(H2,13,14,15,16). The fourth-order valence-corrected chi connectivity index (χ4v) is 2.24. The predicted molar refractivity (Wildman–Crippen MR) is 78.4 cm³/mol. The molecule has 0 spiro atoms. The zero-order chi connectivity index (χ0) is 14.3. The molecule has 0 aromatic carbocycles. The van der Waals surface area contributed by atoms with Gasteiger partial charge in [0, 0.05) is 31.8 Å². The van der Waals surface area contributed by atoms with Crippen molar-refractivity contribution < 1.29 is 8.42 Å². The fourth-order valence-electron chi connectivity index (χ4n) is 1.57. The average Bonchev–Trinajstić information content (AvgIpc) is 2.34. The lowest BCUT2D eigenvalue weighted by Crippen LogP contribution is -2.12. The molecule has 6 nitrogen and oxygen atoms in total. The van der Waals surface area contributed by atoms with E-state index < -0.39 is 9.84 Å². The Labute approximate surface area is 115 Å². The van der Waals surface area contributed by atoms with Crippen molar-refractivity contribution in [3.63, 3.8) is 0 Å². The highest BCUT2D eigenvalue weighted by atomic mass is 32.2. The lowest BCUT2D eigenvalue weighted by atomic mass is 10.4. The van der Waals surface area contributed by atoms with Crippen molar-refractivity contribution in [1.82, 2.24) is 9.97 Å². The number of aryl methyl sites for hydroxylation is 1. The third-order valence-electron chi connectivity index (χ3n) is 2.44. The van der Waals surface area contributed by atoms with Crippen LogP contribution in [0, 0.1) is 0 Å². The van der Waals surface area contributed by atoms with Gasteiger partial charge in [-0.3, -0.25) is 0 Å². The molecule has 1 aromatic heterocycles. The lowest BCUT2D eigenvalue weighted by molar-refractivity contribution is 0.600. The Bertz CT molecular complexity index is 502. The minimum atomic E-state index is -2.89. The summed E-state index contributed by atoms with van der Waals surface area (Å²) in [6.45, 7) is 5.39. The molecule has 0 radical (unpaired) electrons.